The number of thioether (sulfide) groups is 1. The maximum absolute atomic E-state index is 12.7. The lowest BCUT2D eigenvalue weighted by atomic mass is 10.1. The van der Waals surface area contributed by atoms with Crippen molar-refractivity contribution in [3.63, 3.8) is 0 Å². The van der Waals surface area contributed by atoms with E-state index in [0.29, 0.717) is 56.9 Å². The van der Waals surface area contributed by atoms with Gasteiger partial charge in [0.1, 0.15) is 10.7 Å². The number of nitrogens with one attached hydrogen (secondary N) is 1. The number of hydrogen-bond acceptors (Lipinski definition) is 8. The molecule has 0 fully saturated rings. The predicted molar refractivity (Wildman–Crippen MR) is 164 cm³/mol. The number of methoxy groups -OCH3 is 2. The van der Waals surface area contributed by atoms with E-state index in [9.17, 15) is 4.79 Å². The Morgan fingerprint density at radius 1 is 1.00 bits per heavy atom. The molecule has 1 N–H and O–H groups in total. The minimum absolute atomic E-state index is 0.221. The van der Waals surface area contributed by atoms with Crippen LogP contribution in [0, 0.1) is 0 Å². The molecular weight excluding hydrogens is 601 g/mol. The molecule has 3 aromatic carbocycles. The highest BCUT2D eigenvalue weighted by atomic mass is 35.5. The van der Waals surface area contributed by atoms with E-state index in [-0.39, 0.29) is 5.91 Å². The highest BCUT2D eigenvalue weighted by Crippen LogP contribution is 2.34. The maximum atomic E-state index is 12.7. The average Bonchev–Trinajstić information content (AvgIpc) is 3.63. The molecule has 0 radical (unpaired) electrons. The molecule has 0 spiro atoms. The van der Waals surface area contributed by atoms with E-state index in [4.69, 9.17) is 32.7 Å². The number of hydrogen-bond donors (Lipinski definition) is 1. The summed E-state index contributed by atoms with van der Waals surface area (Å²) in [4.78, 5) is 17.3. The molecule has 0 atom stereocenters. The van der Waals surface area contributed by atoms with E-state index < -0.39 is 0 Å². The van der Waals surface area contributed by atoms with Crippen LogP contribution in [0.2, 0.25) is 10.0 Å². The lowest BCUT2D eigenvalue weighted by molar-refractivity contribution is 0.0949. The molecule has 0 saturated heterocycles. The van der Waals surface area contributed by atoms with Crippen LogP contribution in [-0.2, 0) is 12.2 Å². The van der Waals surface area contributed by atoms with Crippen molar-refractivity contribution in [3.05, 3.63) is 98.4 Å². The van der Waals surface area contributed by atoms with E-state index >= 15 is 0 Å². The Balaban J connectivity index is 1.26. The average molecular weight is 627 g/mol. The van der Waals surface area contributed by atoms with Crippen LogP contribution in [-0.4, -0.2) is 46.4 Å². The minimum Gasteiger partial charge on any atom is -0.493 e. The van der Waals surface area contributed by atoms with Crippen molar-refractivity contribution in [1.82, 2.24) is 25.1 Å². The summed E-state index contributed by atoms with van der Waals surface area (Å²) in [5, 5.41) is 16.2. The Morgan fingerprint density at radius 3 is 2.61 bits per heavy atom. The van der Waals surface area contributed by atoms with E-state index in [0.717, 1.165) is 21.8 Å². The van der Waals surface area contributed by atoms with Crippen LogP contribution in [0.5, 0.6) is 11.5 Å². The first-order chi connectivity index (χ1) is 20.0. The molecule has 0 unspecified atom stereocenters. The van der Waals surface area contributed by atoms with Crippen molar-refractivity contribution in [2.75, 3.05) is 20.8 Å². The summed E-state index contributed by atoms with van der Waals surface area (Å²) in [6, 6.07) is 20.7. The standard InChI is InChI=1S/C29H25Cl2N5O3S2/c1-38-24-11-10-18(14-25(24)39-2)12-13-32-28(37)23-16-40-26(33-23)17-41-29-35-34-27(21-8-3-4-9-22(21)31)36(29)20-7-5-6-19(30)15-20/h3-11,14-16H,12-13,17H2,1-2H3,(H,32,37). The molecule has 0 aliphatic heterocycles. The molecule has 1 amide bonds. The summed E-state index contributed by atoms with van der Waals surface area (Å²) >= 11 is 15.7. The van der Waals surface area contributed by atoms with Gasteiger partial charge in [0, 0.05) is 22.5 Å². The zero-order valence-corrected chi connectivity index (χ0v) is 25.3. The molecule has 12 heteroatoms. The van der Waals surface area contributed by atoms with Crippen molar-refractivity contribution in [2.45, 2.75) is 17.3 Å². The minimum atomic E-state index is -0.221. The van der Waals surface area contributed by atoms with E-state index in [1.54, 1.807) is 19.6 Å². The third-order valence-electron chi connectivity index (χ3n) is 6.07. The number of halogens is 2. The van der Waals surface area contributed by atoms with Crippen LogP contribution < -0.4 is 14.8 Å². The highest BCUT2D eigenvalue weighted by molar-refractivity contribution is 7.98. The first-order valence-electron chi connectivity index (χ1n) is 12.5. The zero-order valence-electron chi connectivity index (χ0n) is 22.1. The number of benzene rings is 3. The highest BCUT2D eigenvalue weighted by Gasteiger charge is 2.19. The molecule has 0 aliphatic carbocycles. The third-order valence-corrected chi connectivity index (χ3v) is 8.61. The van der Waals surface area contributed by atoms with Crippen LogP contribution >= 0.6 is 46.3 Å². The fraction of sp³-hybridized carbons (Fsp3) is 0.172. The number of amides is 1. The first-order valence-corrected chi connectivity index (χ1v) is 15.1. The SMILES string of the molecule is COc1ccc(CCNC(=O)c2csc(CSc3nnc(-c4ccccc4Cl)n3-c3cccc(Cl)c3)n2)cc1OC. The predicted octanol–water partition coefficient (Wildman–Crippen LogP) is 6.98. The van der Waals surface area contributed by atoms with Gasteiger partial charge in [-0.2, -0.15) is 0 Å². The zero-order chi connectivity index (χ0) is 28.8. The second-order valence-electron chi connectivity index (χ2n) is 8.71. The topological polar surface area (TPSA) is 91.2 Å². The fourth-order valence-electron chi connectivity index (χ4n) is 4.08. The summed E-state index contributed by atoms with van der Waals surface area (Å²) < 4.78 is 12.6. The Kier molecular flexibility index (Phi) is 9.45. The van der Waals surface area contributed by atoms with Gasteiger partial charge in [0.15, 0.2) is 22.5 Å². The first kappa shape index (κ1) is 28.9. The number of aromatic nitrogens is 4. The van der Waals surface area contributed by atoms with Crippen LogP contribution in [0.1, 0.15) is 21.1 Å². The quantitative estimate of drug-likeness (QED) is 0.158. The molecule has 5 rings (SSSR count). The second-order valence-corrected chi connectivity index (χ2v) is 11.4. The molecule has 8 nitrogen and oxygen atoms in total. The van der Waals surface area contributed by atoms with Crippen molar-refractivity contribution < 1.29 is 14.3 Å². The van der Waals surface area contributed by atoms with E-state index in [2.05, 4.69) is 20.5 Å². The molecule has 0 bridgehead atoms. The number of thiazole rings is 1. The molecule has 41 heavy (non-hydrogen) atoms. The lowest BCUT2D eigenvalue weighted by Crippen LogP contribution is -2.26. The van der Waals surface area contributed by atoms with Gasteiger partial charge in [0.2, 0.25) is 0 Å². The lowest BCUT2D eigenvalue weighted by Gasteiger charge is -2.11. The molecule has 0 aliphatic rings. The van der Waals surface area contributed by atoms with Crippen molar-refractivity contribution >= 4 is 52.2 Å². The molecule has 210 valence electrons. The van der Waals surface area contributed by atoms with Crippen LogP contribution in [0.3, 0.4) is 0 Å². The van der Waals surface area contributed by atoms with Crippen molar-refractivity contribution in [3.8, 4) is 28.6 Å². The summed E-state index contributed by atoms with van der Waals surface area (Å²) in [5.74, 6) is 2.21. The fourth-order valence-corrected chi connectivity index (χ4v) is 6.23. The number of carbonyl (C=O) groups is 1. The Morgan fingerprint density at radius 2 is 1.83 bits per heavy atom. The molecule has 0 saturated carbocycles. The monoisotopic (exact) mass is 625 g/mol. The Bertz CT molecular complexity index is 1670. The van der Waals surface area contributed by atoms with Gasteiger partial charge < -0.3 is 14.8 Å². The van der Waals surface area contributed by atoms with Crippen LogP contribution in [0.15, 0.2) is 77.3 Å². The third kappa shape index (κ3) is 6.84. The molecule has 2 aromatic heterocycles. The van der Waals surface area contributed by atoms with Gasteiger partial charge in [-0.05, 0) is 54.4 Å². The van der Waals surface area contributed by atoms with Gasteiger partial charge in [0.05, 0.1) is 30.7 Å². The number of nitrogens with zero attached hydrogens (tertiary/aromatic N) is 4. The Hall–Kier alpha value is -3.57. The number of carbonyl (C=O) groups excluding carboxylic acids is 1. The van der Waals surface area contributed by atoms with Crippen molar-refractivity contribution in [2.24, 2.45) is 0 Å². The number of ether oxygens (including phenoxy) is 2. The van der Waals surface area contributed by atoms with Gasteiger partial charge in [-0.3, -0.25) is 9.36 Å². The smallest absolute Gasteiger partial charge is 0.270 e. The molecule has 2 heterocycles. The maximum Gasteiger partial charge on any atom is 0.270 e. The second kappa shape index (κ2) is 13.4. The van der Waals surface area contributed by atoms with E-state index in [1.807, 2.05) is 71.3 Å². The van der Waals surface area contributed by atoms with Gasteiger partial charge in [0.25, 0.3) is 5.91 Å². The van der Waals surface area contributed by atoms with Crippen LogP contribution in [0.4, 0.5) is 0 Å². The van der Waals surface area contributed by atoms with Gasteiger partial charge in [-0.1, -0.05) is 59.2 Å². The summed E-state index contributed by atoms with van der Waals surface area (Å²) in [7, 11) is 3.20. The Labute approximate surface area is 255 Å². The van der Waals surface area contributed by atoms with Gasteiger partial charge >= 0.3 is 0 Å². The molecule has 5 aromatic rings. The summed E-state index contributed by atoms with van der Waals surface area (Å²) in [5.41, 5.74) is 2.98. The van der Waals surface area contributed by atoms with Gasteiger partial charge in [-0.25, -0.2) is 4.98 Å². The van der Waals surface area contributed by atoms with Crippen molar-refractivity contribution in [1.29, 1.82) is 0 Å². The van der Waals surface area contributed by atoms with Crippen LogP contribution in [0.25, 0.3) is 17.1 Å². The number of rotatable bonds is 11. The molecular formula is C29H25Cl2N5O3S2. The normalized spacial score (nSPS) is 10.9. The van der Waals surface area contributed by atoms with E-state index in [1.165, 1.54) is 23.1 Å². The summed E-state index contributed by atoms with van der Waals surface area (Å²) in [6.45, 7) is 0.462. The summed E-state index contributed by atoms with van der Waals surface area (Å²) in [6.07, 6.45) is 0.645. The van der Waals surface area contributed by atoms with Gasteiger partial charge in [-0.15, -0.1) is 21.5 Å². The largest absolute Gasteiger partial charge is 0.493 e.